The molecule has 3 rings (SSSR count). The van der Waals surface area contributed by atoms with Crippen LogP contribution < -0.4 is 15.4 Å². The molecule has 6 nitrogen and oxygen atoms in total. The molecule has 0 saturated carbocycles. The molecule has 1 saturated heterocycles. The molecule has 24 heavy (non-hydrogen) atoms. The van der Waals surface area contributed by atoms with Crippen molar-refractivity contribution in [2.75, 3.05) is 26.2 Å². The van der Waals surface area contributed by atoms with Gasteiger partial charge in [0.2, 0.25) is 5.91 Å². The van der Waals surface area contributed by atoms with Crippen molar-refractivity contribution in [2.45, 2.75) is 5.92 Å². The number of aryl methyl sites for hydroxylation is 1. The van der Waals surface area contributed by atoms with Gasteiger partial charge in [0.05, 0.1) is 18.7 Å². The predicted molar refractivity (Wildman–Crippen MR) is 87.2 cm³/mol. The summed E-state index contributed by atoms with van der Waals surface area (Å²) in [6.45, 7) is 2.10. The molecule has 2 atom stereocenters. The van der Waals surface area contributed by atoms with E-state index in [0.29, 0.717) is 25.4 Å². The number of hydrogen-bond donors (Lipinski definition) is 2. The molecule has 128 valence electrons. The van der Waals surface area contributed by atoms with Crippen LogP contribution >= 0.6 is 0 Å². The Labute approximate surface area is 140 Å². The Kier molecular flexibility index (Phi) is 5.10. The molecular weight excluding hydrogens is 311 g/mol. The van der Waals surface area contributed by atoms with Gasteiger partial charge < -0.3 is 15.4 Å². The zero-order valence-electron chi connectivity index (χ0n) is 13.5. The lowest BCUT2D eigenvalue weighted by atomic mass is 9.90. The quantitative estimate of drug-likeness (QED) is 0.776. The Hall–Kier alpha value is -2.41. The zero-order valence-corrected chi connectivity index (χ0v) is 13.5. The number of amides is 1. The van der Waals surface area contributed by atoms with Gasteiger partial charge >= 0.3 is 0 Å². The molecule has 2 N–H and O–H groups in total. The third-order valence-electron chi connectivity index (χ3n) is 4.17. The summed E-state index contributed by atoms with van der Waals surface area (Å²) in [7, 11) is 1.87. The molecule has 2 aromatic rings. The van der Waals surface area contributed by atoms with Crippen LogP contribution in [0.3, 0.4) is 0 Å². The van der Waals surface area contributed by atoms with Crippen LogP contribution in [-0.4, -0.2) is 41.9 Å². The van der Waals surface area contributed by atoms with E-state index < -0.39 is 0 Å². The minimum absolute atomic E-state index is 0.00306. The number of rotatable bonds is 6. The number of ether oxygens (including phenoxy) is 1. The molecule has 0 radical (unpaired) electrons. The number of carbonyl (C=O) groups is 1. The standard InChI is InChI=1S/C17H21FN4O2/c1-22-11-12(8-21-22)15-9-19-10-16(15)17(23)20-5-6-24-14-4-2-3-13(18)7-14/h2-4,7-8,11,15-16,19H,5-6,9-10H2,1H3,(H,20,23)/t15-,16+/m1/s1. The van der Waals surface area contributed by atoms with Gasteiger partial charge in [-0.2, -0.15) is 5.10 Å². The molecule has 1 aromatic carbocycles. The van der Waals surface area contributed by atoms with Gasteiger partial charge in [0.1, 0.15) is 18.2 Å². The zero-order chi connectivity index (χ0) is 16.9. The van der Waals surface area contributed by atoms with Crippen molar-refractivity contribution in [1.82, 2.24) is 20.4 Å². The number of nitrogens with one attached hydrogen (secondary N) is 2. The van der Waals surface area contributed by atoms with Crippen LogP contribution in [0.4, 0.5) is 4.39 Å². The first-order valence-electron chi connectivity index (χ1n) is 7.99. The highest BCUT2D eigenvalue weighted by Crippen LogP contribution is 2.27. The normalized spacial score (nSPS) is 20.1. The van der Waals surface area contributed by atoms with Crippen LogP contribution in [0.15, 0.2) is 36.7 Å². The topological polar surface area (TPSA) is 68.2 Å². The van der Waals surface area contributed by atoms with E-state index >= 15 is 0 Å². The molecule has 1 aliphatic rings. The van der Waals surface area contributed by atoms with Crippen molar-refractivity contribution >= 4 is 5.91 Å². The minimum Gasteiger partial charge on any atom is -0.492 e. The first kappa shape index (κ1) is 16.4. The lowest BCUT2D eigenvalue weighted by Gasteiger charge is -2.17. The van der Waals surface area contributed by atoms with Gasteiger partial charge in [-0.25, -0.2) is 4.39 Å². The van der Waals surface area contributed by atoms with Crippen LogP contribution in [0.25, 0.3) is 0 Å². The Morgan fingerprint density at radius 1 is 1.50 bits per heavy atom. The molecule has 2 heterocycles. The average molecular weight is 332 g/mol. The third kappa shape index (κ3) is 3.91. The summed E-state index contributed by atoms with van der Waals surface area (Å²) < 4.78 is 20.2. The fourth-order valence-electron chi connectivity index (χ4n) is 2.97. The van der Waals surface area contributed by atoms with Crippen molar-refractivity contribution in [1.29, 1.82) is 0 Å². The van der Waals surface area contributed by atoms with Crippen molar-refractivity contribution in [3.05, 3.63) is 48.0 Å². The maximum Gasteiger partial charge on any atom is 0.225 e. The monoisotopic (exact) mass is 332 g/mol. The SMILES string of the molecule is Cn1cc([C@H]2CNC[C@@H]2C(=O)NCCOc2cccc(F)c2)cn1. The van der Waals surface area contributed by atoms with Gasteiger partial charge in [-0.1, -0.05) is 6.07 Å². The van der Waals surface area contributed by atoms with Crippen LogP contribution in [0.1, 0.15) is 11.5 Å². The highest BCUT2D eigenvalue weighted by atomic mass is 19.1. The van der Waals surface area contributed by atoms with Gasteiger partial charge in [0.25, 0.3) is 0 Å². The Morgan fingerprint density at radius 3 is 3.12 bits per heavy atom. The van der Waals surface area contributed by atoms with Crippen LogP contribution in [0.5, 0.6) is 5.75 Å². The molecule has 0 unspecified atom stereocenters. The van der Waals surface area contributed by atoms with E-state index in [2.05, 4.69) is 15.7 Å². The van der Waals surface area contributed by atoms with Crippen molar-refractivity contribution in [3.63, 3.8) is 0 Å². The largest absolute Gasteiger partial charge is 0.492 e. The molecule has 1 aromatic heterocycles. The summed E-state index contributed by atoms with van der Waals surface area (Å²) in [4.78, 5) is 12.4. The van der Waals surface area contributed by atoms with Crippen LogP contribution in [0, 0.1) is 11.7 Å². The summed E-state index contributed by atoms with van der Waals surface area (Å²) in [6, 6.07) is 5.96. The first-order chi connectivity index (χ1) is 11.6. The number of nitrogens with zero attached hydrogens (tertiary/aromatic N) is 2. The van der Waals surface area contributed by atoms with E-state index in [1.807, 2.05) is 19.4 Å². The van der Waals surface area contributed by atoms with Gasteiger partial charge in [0, 0.05) is 38.3 Å². The number of carbonyl (C=O) groups excluding carboxylic acids is 1. The summed E-state index contributed by atoms with van der Waals surface area (Å²) in [5.74, 6) is 0.121. The highest BCUT2D eigenvalue weighted by Gasteiger charge is 2.34. The summed E-state index contributed by atoms with van der Waals surface area (Å²) in [6.07, 6.45) is 3.76. The number of hydrogen-bond acceptors (Lipinski definition) is 4. The van der Waals surface area contributed by atoms with Crippen molar-refractivity contribution < 1.29 is 13.9 Å². The second kappa shape index (κ2) is 7.44. The van der Waals surface area contributed by atoms with Gasteiger partial charge in [-0.05, 0) is 17.7 Å². The fourth-order valence-corrected chi connectivity index (χ4v) is 2.97. The van der Waals surface area contributed by atoms with E-state index in [9.17, 15) is 9.18 Å². The Morgan fingerprint density at radius 2 is 2.38 bits per heavy atom. The fraction of sp³-hybridized carbons (Fsp3) is 0.412. The maximum absolute atomic E-state index is 13.1. The van der Waals surface area contributed by atoms with Crippen molar-refractivity contribution in [3.8, 4) is 5.75 Å². The summed E-state index contributed by atoms with van der Waals surface area (Å²) >= 11 is 0. The van der Waals surface area contributed by atoms with Gasteiger partial charge in [-0.15, -0.1) is 0 Å². The molecule has 0 bridgehead atoms. The predicted octanol–water partition coefficient (Wildman–Crippen LogP) is 1.06. The van der Waals surface area contributed by atoms with E-state index in [4.69, 9.17) is 4.74 Å². The summed E-state index contributed by atoms with van der Waals surface area (Å²) in [5, 5.41) is 10.3. The second-order valence-corrected chi connectivity index (χ2v) is 5.92. The summed E-state index contributed by atoms with van der Waals surface area (Å²) in [5.41, 5.74) is 1.07. The number of aromatic nitrogens is 2. The smallest absolute Gasteiger partial charge is 0.225 e. The first-order valence-corrected chi connectivity index (χ1v) is 7.99. The highest BCUT2D eigenvalue weighted by molar-refractivity contribution is 5.80. The second-order valence-electron chi connectivity index (χ2n) is 5.92. The van der Waals surface area contributed by atoms with Crippen LogP contribution in [0.2, 0.25) is 0 Å². The molecular formula is C17H21FN4O2. The van der Waals surface area contributed by atoms with Gasteiger partial charge in [0.15, 0.2) is 0 Å². The molecule has 0 aliphatic carbocycles. The molecule has 1 amide bonds. The lowest BCUT2D eigenvalue weighted by molar-refractivity contribution is -0.124. The van der Waals surface area contributed by atoms with E-state index in [0.717, 1.165) is 12.1 Å². The molecule has 1 fully saturated rings. The van der Waals surface area contributed by atoms with E-state index in [-0.39, 0.29) is 23.6 Å². The molecule has 7 heteroatoms. The Bertz CT molecular complexity index is 703. The van der Waals surface area contributed by atoms with Crippen LogP contribution in [-0.2, 0) is 11.8 Å². The molecule has 1 aliphatic heterocycles. The molecule has 0 spiro atoms. The number of halogens is 1. The average Bonchev–Trinajstić information content (AvgIpc) is 3.20. The third-order valence-corrected chi connectivity index (χ3v) is 4.17. The number of benzene rings is 1. The minimum atomic E-state index is -0.340. The Balaban J connectivity index is 1.47. The lowest BCUT2D eigenvalue weighted by Crippen LogP contribution is -2.36. The van der Waals surface area contributed by atoms with E-state index in [1.54, 1.807) is 16.8 Å². The van der Waals surface area contributed by atoms with Crippen molar-refractivity contribution in [2.24, 2.45) is 13.0 Å². The van der Waals surface area contributed by atoms with E-state index in [1.165, 1.54) is 12.1 Å². The van der Waals surface area contributed by atoms with Gasteiger partial charge in [-0.3, -0.25) is 9.48 Å². The maximum atomic E-state index is 13.1.